The number of nitrogens with zero attached hydrogens (tertiary/aromatic N) is 2. The van der Waals surface area contributed by atoms with E-state index in [1.54, 1.807) is 12.1 Å². The van der Waals surface area contributed by atoms with Gasteiger partial charge in [-0.3, -0.25) is 12.0 Å². The minimum absolute atomic E-state index is 0. The molecule has 11 heteroatoms. The van der Waals surface area contributed by atoms with Crippen LogP contribution in [0.25, 0.3) is 0 Å². The van der Waals surface area contributed by atoms with Crippen molar-refractivity contribution in [2.24, 2.45) is 0 Å². The van der Waals surface area contributed by atoms with E-state index in [1.165, 1.54) is 24.3 Å². The number of hydrogen-bond acceptors (Lipinski definition) is 6. The molecule has 29 heavy (non-hydrogen) atoms. The molecule has 0 aromatic heterocycles. The van der Waals surface area contributed by atoms with E-state index in [0.29, 0.717) is 35.3 Å². The predicted octanol–water partition coefficient (Wildman–Crippen LogP) is 0.916. The average molecular weight is 467 g/mol. The van der Waals surface area contributed by atoms with Gasteiger partial charge in [0, 0.05) is 10.7 Å². The Morgan fingerprint density at radius 1 is 0.966 bits per heavy atom. The van der Waals surface area contributed by atoms with E-state index in [1.807, 2.05) is 6.07 Å². The molecule has 0 amide bonds. The van der Waals surface area contributed by atoms with Crippen LogP contribution in [0.1, 0.15) is 22.3 Å². The Morgan fingerprint density at radius 2 is 1.41 bits per heavy atom. The quantitative estimate of drug-likeness (QED) is 0.356. The Kier molecular flexibility index (Phi) is 13.4. The molecular formula is C18H14ClF2N2NaO3S2. The van der Waals surface area contributed by atoms with Crippen molar-refractivity contribution in [1.82, 2.24) is 0 Å². The summed E-state index contributed by atoms with van der Waals surface area (Å²) in [6.07, 6.45) is 0.617. The van der Waals surface area contributed by atoms with Crippen LogP contribution in [0, 0.1) is 34.3 Å². The summed E-state index contributed by atoms with van der Waals surface area (Å²) in [5, 5.41) is 17.3. The number of halogens is 3. The molecule has 0 fully saturated rings. The van der Waals surface area contributed by atoms with Crippen molar-refractivity contribution in [3.8, 4) is 12.1 Å². The number of rotatable bonds is 6. The van der Waals surface area contributed by atoms with E-state index in [9.17, 15) is 21.8 Å². The molecule has 0 atom stereocenters. The fourth-order valence-electron chi connectivity index (χ4n) is 2.13. The molecule has 0 aliphatic heterocycles. The van der Waals surface area contributed by atoms with Crippen molar-refractivity contribution in [2.75, 3.05) is 11.5 Å². The molecule has 2 aromatic rings. The number of nitriles is 2. The Balaban J connectivity index is 0.000000527. The summed E-state index contributed by atoms with van der Waals surface area (Å²) in [7, 11) is 1.44. The molecule has 0 unspecified atom stereocenters. The van der Waals surface area contributed by atoms with Crippen LogP contribution in [-0.4, -0.2) is 24.5 Å². The van der Waals surface area contributed by atoms with Gasteiger partial charge in [0.1, 0.15) is 11.6 Å². The van der Waals surface area contributed by atoms with Crippen LogP contribution in [0.2, 0.25) is 0 Å². The third-order valence-corrected chi connectivity index (χ3v) is 4.98. The van der Waals surface area contributed by atoms with E-state index >= 15 is 0 Å². The van der Waals surface area contributed by atoms with Crippen LogP contribution in [0.4, 0.5) is 8.78 Å². The molecule has 0 spiro atoms. The molecule has 5 nitrogen and oxygen atoms in total. The first-order valence-electron chi connectivity index (χ1n) is 7.74. The summed E-state index contributed by atoms with van der Waals surface area (Å²) in [5.74, 6) is -0.811. The minimum atomic E-state index is -3.59. The van der Waals surface area contributed by atoms with Crippen LogP contribution in [0.3, 0.4) is 0 Å². The minimum Gasteiger partial charge on any atom is -0.799 e. The second-order valence-electron chi connectivity index (χ2n) is 5.39. The van der Waals surface area contributed by atoms with Crippen molar-refractivity contribution >= 4 is 31.8 Å². The van der Waals surface area contributed by atoms with Gasteiger partial charge in [0.15, 0.2) is 0 Å². The largest absolute Gasteiger partial charge is 1.00 e. The number of aryl methyl sites for hydroxylation is 2. The maximum atomic E-state index is 12.7. The molecular weight excluding hydrogens is 453 g/mol. The molecule has 0 saturated heterocycles. The van der Waals surface area contributed by atoms with Gasteiger partial charge < -0.3 is 4.55 Å². The van der Waals surface area contributed by atoms with Gasteiger partial charge in [-0.15, -0.1) is 0 Å². The van der Waals surface area contributed by atoms with Crippen LogP contribution in [0.5, 0.6) is 0 Å². The third kappa shape index (κ3) is 11.0. The van der Waals surface area contributed by atoms with Gasteiger partial charge in [-0.25, -0.2) is 17.2 Å². The van der Waals surface area contributed by atoms with E-state index in [-0.39, 0.29) is 47.3 Å². The smallest absolute Gasteiger partial charge is 0.799 e. The predicted molar refractivity (Wildman–Crippen MR) is 103 cm³/mol. The molecule has 0 aliphatic rings. The van der Waals surface area contributed by atoms with Crippen LogP contribution >= 0.6 is 22.7 Å². The van der Waals surface area contributed by atoms with Crippen molar-refractivity contribution in [2.45, 2.75) is 12.8 Å². The van der Waals surface area contributed by atoms with Crippen LogP contribution < -0.4 is 29.6 Å². The molecule has 2 rings (SSSR count). The van der Waals surface area contributed by atoms with E-state index in [2.05, 4.69) is 0 Å². The number of benzene rings is 2. The standard InChI is InChI=1S/C9H7ClFNO2S.C9H8FNOS.Na/c10-15(13,14)4-3-7-1-2-9(11)5-8(7)6-12;10-9-2-1-7(3-4-13-12)8(5-9)6-11;/h1-2,5H,3-4H2;1-2,5,12H,3-4H2;/q;;+1/p-1. The van der Waals surface area contributed by atoms with Crippen molar-refractivity contribution in [3.05, 3.63) is 70.3 Å². The molecule has 0 radical (unpaired) electrons. The first-order chi connectivity index (χ1) is 13.2. The van der Waals surface area contributed by atoms with Crippen molar-refractivity contribution < 1.29 is 51.3 Å². The maximum absolute atomic E-state index is 12.7. The van der Waals surface area contributed by atoms with Crippen molar-refractivity contribution in [3.63, 3.8) is 0 Å². The Morgan fingerprint density at radius 3 is 1.79 bits per heavy atom. The zero-order valence-corrected chi connectivity index (χ0v) is 19.8. The summed E-state index contributed by atoms with van der Waals surface area (Å²) in [6.45, 7) is 0. The second kappa shape index (κ2) is 13.9. The summed E-state index contributed by atoms with van der Waals surface area (Å²) >= 11 is 0.467. The first-order valence-corrected chi connectivity index (χ1v) is 11.1. The molecule has 0 N–H and O–H groups in total. The normalized spacial score (nSPS) is 10.0. The topological polar surface area (TPSA) is 105 Å². The van der Waals surface area contributed by atoms with Crippen LogP contribution in [-0.2, 0) is 21.9 Å². The van der Waals surface area contributed by atoms with E-state index in [0.717, 1.165) is 11.6 Å². The summed E-state index contributed by atoms with van der Waals surface area (Å²) in [4.78, 5) is 0. The second-order valence-corrected chi connectivity index (χ2v) is 8.93. The maximum Gasteiger partial charge on any atom is 1.00 e. The Bertz CT molecular complexity index is 1010. The summed E-state index contributed by atoms with van der Waals surface area (Å²) in [6, 6.07) is 11.3. The SMILES string of the molecule is N#Cc1cc(F)ccc1CCS(=O)(=O)Cl.N#Cc1cc(F)ccc1CCS[O-].[Na+]. The molecule has 0 saturated carbocycles. The van der Waals surface area contributed by atoms with Gasteiger partial charge in [0.2, 0.25) is 9.05 Å². The van der Waals surface area contributed by atoms with Gasteiger partial charge in [-0.2, -0.15) is 10.5 Å². The zero-order chi connectivity index (χ0) is 21.2. The van der Waals surface area contributed by atoms with E-state index < -0.39 is 20.7 Å². The molecule has 148 valence electrons. The summed E-state index contributed by atoms with van der Waals surface area (Å²) < 4.78 is 56.8. The number of hydrogen-bond donors (Lipinski definition) is 0. The van der Waals surface area contributed by atoms with Gasteiger partial charge >= 0.3 is 29.6 Å². The zero-order valence-electron chi connectivity index (χ0n) is 15.4. The first kappa shape index (κ1) is 27.8. The fourth-order valence-corrected chi connectivity index (χ4v) is 3.12. The van der Waals surface area contributed by atoms with Gasteiger partial charge in [0.05, 0.1) is 29.0 Å². The van der Waals surface area contributed by atoms with Gasteiger partial charge in [0.25, 0.3) is 0 Å². The third-order valence-electron chi connectivity index (χ3n) is 3.45. The van der Waals surface area contributed by atoms with Crippen molar-refractivity contribution in [1.29, 1.82) is 10.5 Å². The Hall–Kier alpha value is -1.17. The monoisotopic (exact) mass is 466 g/mol. The molecule has 0 bridgehead atoms. The molecule has 0 heterocycles. The summed E-state index contributed by atoms with van der Waals surface area (Å²) in [5.41, 5.74) is 1.65. The molecule has 0 aliphatic carbocycles. The van der Waals surface area contributed by atoms with E-state index in [4.69, 9.17) is 21.2 Å². The van der Waals surface area contributed by atoms with Crippen LogP contribution in [0.15, 0.2) is 36.4 Å². The van der Waals surface area contributed by atoms with Gasteiger partial charge in [-0.1, -0.05) is 12.1 Å². The van der Waals surface area contributed by atoms with Gasteiger partial charge in [-0.05, 0) is 54.0 Å². The Labute approximate surface area is 199 Å². The molecule has 2 aromatic carbocycles. The fraction of sp³-hybridized carbons (Fsp3) is 0.222. The average Bonchev–Trinajstić information content (AvgIpc) is 2.65.